The molecular formula is C19H24FN3OS. The van der Waals surface area contributed by atoms with Crippen molar-refractivity contribution in [2.45, 2.75) is 38.8 Å². The Bertz CT molecular complexity index is 710. The molecule has 1 aliphatic heterocycles. The van der Waals surface area contributed by atoms with Crippen molar-refractivity contribution >= 4 is 17.2 Å². The summed E-state index contributed by atoms with van der Waals surface area (Å²) < 4.78 is 13.3. The van der Waals surface area contributed by atoms with Crippen molar-refractivity contribution in [3.63, 3.8) is 0 Å². The van der Waals surface area contributed by atoms with Crippen molar-refractivity contribution in [1.29, 1.82) is 0 Å². The highest BCUT2D eigenvalue weighted by Crippen LogP contribution is 2.27. The number of nitrogens with zero attached hydrogens (tertiary/aromatic N) is 3. The summed E-state index contributed by atoms with van der Waals surface area (Å²) in [6.45, 7) is 4.26. The first kappa shape index (κ1) is 18.0. The summed E-state index contributed by atoms with van der Waals surface area (Å²) in [5.74, 6) is -0.237. The molecular weight excluding hydrogens is 337 g/mol. The van der Waals surface area contributed by atoms with Crippen LogP contribution >= 0.6 is 11.3 Å². The average Bonchev–Trinajstić information content (AvgIpc) is 3.02. The number of halogens is 1. The molecule has 1 atom stereocenters. The molecule has 3 rings (SSSR count). The predicted molar refractivity (Wildman–Crippen MR) is 97.9 cm³/mol. The molecule has 0 saturated carbocycles. The van der Waals surface area contributed by atoms with Crippen LogP contribution in [0.3, 0.4) is 0 Å². The van der Waals surface area contributed by atoms with Gasteiger partial charge in [0.05, 0.1) is 17.2 Å². The quantitative estimate of drug-likeness (QED) is 0.813. The molecule has 6 heteroatoms. The monoisotopic (exact) mass is 361 g/mol. The summed E-state index contributed by atoms with van der Waals surface area (Å²) in [6.07, 6.45) is 3.40. The van der Waals surface area contributed by atoms with Crippen molar-refractivity contribution in [1.82, 2.24) is 14.8 Å². The van der Waals surface area contributed by atoms with E-state index in [0.717, 1.165) is 42.2 Å². The molecule has 1 amide bonds. The molecule has 0 radical (unpaired) electrons. The third-order valence-electron chi connectivity index (χ3n) is 4.62. The molecule has 1 aromatic carbocycles. The van der Waals surface area contributed by atoms with Gasteiger partial charge in [0, 0.05) is 12.4 Å². The average molecular weight is 361 g/mol. The van der Waals surface area contributed by atoms with E-state index in [1.807, 2.05) is 19.4 Å². The van der Waals surface area contributed by atoms with Crippen LogP contribution in [0.4, 0.5) is 4.39 Å². The predicted octanol–water partition coefficient (Wildman–Crippen LogP) is 3.78. The Kier molecular flexibility index (Phi) is 5.81. The second kappa shape index (κ2) is 8.06. The Hall–Kier alpha value is -1.79. The number of hydrogen-bond acceptors (Lipinski definition) is 4. The van der Waals surface area contributed by atoms with Gasteiger partial charge in [0.25, 0.3) is 0 Å². The maximum atomic E-state index is 13.3. The number of thiazole rings is 1. The van der Waals surface area contributed by atoms with E-state index in [4.69, 9.17) is 0 Å². The van der Waals surface area contributed by atoms with Crippen LogP contribution < -0.4 is 0 Å². The van der Waals surface area contributed by atoms with Gasteiger partial charge in [-0.3, -0.25) is 9.69 Å². The van der Waals surface area contributed by atoms with Crippen LogP contribution in [0.25, 0.3) is 0 Å². The Balaban J connectivity index is 1.81. The molecule has 1 unspecified atom stereocenters. The molecule has 4 nitrogen and oxygen atoms in total. The van der Waals surface area contributed by atoms with Crippen LogP contribution in [-0.4, -0.2) is 40.8 Å². The number of aromatic nitrogens is 1. The minimum absolute atomic E-state index is 0.0409. The summed E-state index contributed by atoms with van der Waals surface area (Å²) in [6, 6.07) is 5.97. The van der Waals surface area contributed by atoms with E-state index in [1.165, 1.54) is 18.6 Å². The molecule has 0 aliphatic carbocycles. The van der Waals surface area contributed by atoms with Gasteiger partial charge in [-0.1, -0.05) is 18.6 Å². The van der Waals surface area contributed by atoms with Gasteiger partial charge in [-0.05, 0) is 50.6 Å². The summed E-state index contributed by atoms with van der Waals surface area (Å²) in [5.41, 5.74) is 1.77. The van der Waals surface area contributed by atoms with E-state index >= 15 is 0 Å². The van der Waals surface area contributed by atoms with Crippen LogP contribution in [0.2, 0.25) is 0 Å². The molecule has 0 bridgehead atoms. The minimum Gasteiger partial charge on any atom is -0.338 e. The number of rotatable bonds is 5. The lowest BCUT2D eigenvalue weighted by atomic mass is 10.0. The number of carbonyl (C=O) groups excluding carboxylic acids is 1. The van der Waals surface area contributed by atoms with Gasteiger partial charge in [0.1, 0.15) is 11.9 Å². The lowest BCUT2D eigenvalue weighted by Crippen LogP contribution is -2.43. The highest BCUT2D eigenvalue weighted by Gasteiger charge is 2.31. The van der Waals surface area contributed by atoms with Crippen LogP contribution in [0.1, 0.15) is 41.6 Å². The maximum Gasteiger partial charge on any atom is 0.244 e. The van der Waals surface area contributed by atoms with E-state index in [2.05, 4.69) is 9.88 Å². The first-order valence-electron chi connectivity index (χ1n) is 8.70. The van der Waals surface area contributed by atoms with E-state index in [1.54, 1.807) is 28.4 Å². The zero-order valence-electron chi connectivity index (χ0n) is 14.7. The lowest BCUT2D eigenvalue weighted by molar-refractivity contribution is -0.137. The summed E-state index contributed by atoms with van der Waals surface area (Å²) in [7, 11) is 1.82. The van der Waals surface area contributed by atoms with Gasteiger partial charge in [-0.25, -0.2) is 9.37 Å². The van der Waals surface area contributed by atoms with Crippen LogP contribution in [0, 0.1) is 12.7 Å². The Morgan fingerprint density at radius 1 is 1.28 bits per heavy atom. The lowest BCUT2D eigenvalue weighted by Gasteiger charge is -2.36. The van der Waals surface area contributed by atoms with Gasteiger partial charge < -0.3 is 4.90 Å². The largest absolute Gasteiger partial charge is 0.338 e. The number of piperidine rings is 1. The third-order valence-corrected chi connectivity index (χ3v) is 5.44. The third kappa shape index (κ3) is 4.44. The molecule has 2 aromatic rings. The van der Waals surface area contributed by atoms with E-state index < -0.39 is 0 Å². The van der Waals surface area contributed by atoms with Gasteiger partial charge in [0.2, 0.25) is 5.91 Å². The van der Waals surface area contributed by atoms with Gasteiger partial charge >= 0.3 is 0 Å². The first-order valence-corrected chi connectivity index (χ1v) is 9.58. The minimum atomic E-state index is -0.356. The van der Waals surface area contributed by atoms with E-state index in [0.29, 0.717) is 6.54 Å². The second-order valence-electron chi connectivity index (χ2n) is 6.60. The van der Waals surface area contributed by atoms with Gasteiger partial charge in [-0.15, -0.1) is 11.3 Å². The van der Waals surface area contributed by atoms with Crippen LogP contribution in [0.15, 0.2) is 29.6 Å². The number of amides is 1. The zero-order chi connectivity index (χ0) is 17.8. The maximum absolute atomic E-state index is 13.3. The van der Waals surface area contributed by atoms with Crippen molar-refractivity contribution in [2.75, 3.05) is 20.1 Å². The van der Waals surface area contributed by atoms with Crippen LogP contribution in [0.5, 0.6) is 0 Å². The Morgan fingerprint density at radius 2 is 1.96 bits per heavy atom. The van der Waals surface area contributed by atoms with Crippen LogP contribution in [-0.2, 0) is 11.3 Å². The molecule has 2 heterocycles. The van der Waals surface area contributed by atoms with Gasteiger partial charge in [0.15, 0.2) is 0 Å². The Labute approximate surface area is 152 Å². The number of likely N-dealkylation sites (N-methyl/N-ethyl adjacent to an activating group) is 1. The smallest absolute Gasteiger partial charge is 0.244 e. The van der Waals surface area contributed by atoms with Gasteiger partial charge in [-0.2, -0.15) is 0 Å². The SMILES string of the molecule is Cc1nc(CN(C)C(=O)C(c2ccc(F)cc2)N2CCCCC2)cs1. The topological polar surface area (TPSA) is 36.4 Å². The highest BCUT2D eigenvalue weighted by atomic mass is 32.1. The fraction of sp³-hybridized carbons (Fsp3) is 0.474. The molecule has 0 spiro atoms. The molecule has 25 heavy (non-hydrogen) atoms. The number of carbonyl (C=O) groups is 1. The molecule has 1 saturated heterocycles. The Morgan fingerprint density at radius 3 is 2.56 bits per heavy atom. The fourth-order valence-corrected chi connectivity index (χ4v) is 3.95. The fourth-order valence-electron chi connectivity index (χ4n) is 3.34. The normalized spacial score (nSPS) is 16.6. The highest BCUT2D eigenvalue weighted by molar-refractivity contribution is 7.09. The summed E-state index contributed by atoms with van der Waals surface area (Å²) in [4.78, 5) is 21.6. The second-order valence-corrected chi connectivity index (χ2v) is 7.67. The first-order chi connectivity index (χ1) is 12.0. The number of benzene rings is 1. The molecule has 1 aromatic heterocycles. The van der Waals surface area contributed by atoms with Crippen molar-refractivity contribution in [3.05, 3.63) is 51.7 Å². The number of hydrogen-bond donors (Lipinski definition) is 0. The molecule has 1 fully saturated rings. The summed E-state index contributed by atoms with van der Waals surface area (Å²) >= 11 is 1.59. The van der Waals surface area contributed by atoms with Crippen molar-refractivity contribution in [2.24, 2.45) is 0 Å². The summed E-state index contributed by atoms with van der Waals surface area (Å²) in [5, 5.41) is 2.99. The number of aryl methyl sites for hydroxylation is 1. The number of likely N-dealkylation sites (tertiary alicyclic amines) is 1. The molecule has 134 valence electrons. The van der Waals surface area contributed by atoms with E-state index in [9.17, 15) is 9.18 Å². The zero-order valence-corrected chi connectivity index (χ0v) is 15.6. The molecule has 1 aliphatic rings. The van der Waals surface area contributed by atoms with E-state index in [-0.39, 0.29) is 17.8 Å². The standard InChI is InChI=1S/C19H24FN3OS/c1-14-21-17(13-25-14)12-22(2)19(24)18(23-10-4-3-5-11-23)15-6-8-16(20)9-7-15/h6-9,13,18H,3-5,10-12H2,1-2H3. The van der Waals surface area contributed by atoms with Crippen molar-refractivity contribution in [3.8, 4) is 0 Å². The van der Waals surface area contributed by atoms with Crippen molar-refractivity contribution < 1.29 is 9.18 Å². The molecule has 0 N–H and O–H groups in total.